The van der Waals surface area contributed by atoms with Crippen LogP contribution in [-0.2, 0) is 4.79 Å². The van der Waals surface area contributed by atoms with Crippen LogP contribution in [0, 0.1) is 6.92 Å². The highest BCUT2D eigenvalue weighted by Crippen LogP contribution is 2.02. The summed E-state index contributed by atoms with van der Waals surface area (Å²) in [7, 11) is 1.57. The Morgan fingerprint density at radius 3 is 2.38 bits per heavy atom. The van der Waals surface area contributed by atoms with E-state index in [-0.39, 0.29) is 11.8 Å². The van der Waals surface area contributed by atoms with Gasteiger partial charge in [0.2, 0.25) is 5.91 Å². The van der Waals surface area contributed by atoms with Gasteiger partial charge in [-0.25, -0.2) is 0 Å². The van der Waals surface area contributed by atoms with Crippen LogP contribution in [0.1, 0.15) is 22.3 Å². The normalized spacial score (nSPS) is 9.62. The Balaban J connectivity index is 2.41. The lowest BCUT2D eigenvalue weighted by Gasteiger charge is -2.04. The minimum atomic E-state index is -0.149. The van der Waals surface area contributed by atoms with Gasteiger partial charge in [-0.05, 0) is 19.1 Å². The topological polar surface area (TPSA) is 58.2 Å². The second-order valence-corrected chi connectivity index (χ2v) is 3.55. The fraction of sp³-hybridized carbons (Fsp3) is 0.333. The van der Waals surface area contributed by atoms with Crippen molar-refractivity contribution in [3.05, 3.63) is 35.4 Å². The molecule has 0 aliphatic carbocycles. The number of hydrogen-bond acceptors (Lipinski definition) is 2. The van der Waals surface area contributed by atoms with Crippen LogP contribution < -0.4 is 10.6 Å². The minimum absolute atomic E-state index is 0.0794. The van der Waals surface area contributed by atoms with Crippen LogP contribution in [-0.4, -0.2) is 25.4 Å². The van der Waals surface area contributed by atoms with E-state index in [9.17, 15) is 9.59 Å². The van der Waals surface area contributed by atoms with Crippen molar-refractivity contribution >= 4 is 11.8 Å². The lowest BCUT2D eigenvalue weighted by Crippen LogP contribution is -2.29. The molecular formula is C12H16N2O2. The molecule has 0 radical (unpaired) electrons. The lowest BCUT2D eigenvalue weighted by atomic mass is 10.1. The Labute approximate surface area is 95.0 Å². The van der Waals surface area contributed by atoms with E-state index in [1.807, 2.05) is 19.1 Å². The van der Waals surface area contributed by atoms with E-state index in [1.54, 1.807) is 19.2 Å². The van der Waals surface area contributed by atoms with Gasteiger partial charge in [-0.2, -0.15) is 0 Å². The van der Waals surface area contributed by atoms with Crippen molar-refractivity contribution in [2.75, 3.05) is 13.6 Å². The lowest BCUT2D eigenvalue weighted by molar-refractivity contribution is -0.120. The molecule has 1 rings (SSSR count). The number of benzene rings is 1. The number of amides is 2. The van der Waals surface area contributed by atoms with E-state index >= 15 is 0 Å². The van der Waals surface area contributed by atoms with Crippen molar-refractivity contribution in [1.82, 2.24) is 10.6 Å². The summed E-state index contributed by atoms with van der Waals surface area (Å²) in [5.41, 5.74) is 1.73. The van der Waals surface area contributed by atoms with Gasteiger partial charge in [0.1, 0.15) is 0 Å². The summed E-state index contributed by atoms with van der Waals surface area (Å²) in [6, 6.07) is 7.30. The van der Waals surface area contributed by atoms with Crippen LogP contribution in [0.5, 0.6) is 0 Å². The Morgan fingerprint density at radius 2 is 1.81 bits per heavy atom. The highest BCUT2D eigenvalue weighted by molar-refractivity contribution is 5.94. The van der Waals surface area contributed by atoms with Crippen molar-refractivity contribution in [3.8, 4) is 0 Å². The molecule has 0 spiro atoms. The van der Waals surface area contributed by atoms with E-state index < -0.39 is 0 Å². The molecule has 4 nitrogen and oxygen atoms in total. The van der Waals surface area contributed by atoms with Gasteiger partial charge in [-0.15, -0.1) is 0 Å². The molecule has 2 amide bonds. The van der Waals surface area contributed by atoms with Gasteiger partial charge < -0.3 is 10.6 Å². The third-order valence-electron chi connectivity index (χ3n) is 2.23. The summed E-state index contributed by atoms with van der Waals surface area (Å²) in [5.74, 6) is -0.229. The van der Waals surface area contributed by atoms with Gasteiger partial charge in [0.25, 0.3) is 5.91 Å². The monoisotopic (exact) mass is 220 g/mol. The molecule has 16 heavy (non-hydrogen) atoms. The van der Waals surface area contributed by atoms with Gasteiger partial charge in [0, 0.05) is 25.6 Å². The largest absolute Gasteiger partial charge is 0.359 e. The molecule has 0 saturated heterocycles. The van der Waals surface area contributed by atoms with Crippen molar-refractivity contribution < 1.29 is 9.59 Å². The maximum absolute atomic E-state index is 11.6. The zero-order valence-corrected chi connectivity index (χ0v) is 9.54. The minimum Gasteiger partial charge on any atom is -0.359 e. The number of carbonyl (C=O) groups is 2. The second-order valence-electron chi connectivity index (χ2n) is 3.55. The van der Waals surface area contributed by atoms with E-state index in [0.717, 1.165) is 5.56 Å². The number of aryl methyl sites for hydroxylation is 1. The number of rotatable bonds is 4. The molecule has 2 N–H and O–H groups in total. The molecule has 0 saturated carbocycles. The van der Waals surface area contributed by atoms with E-state index in [0.29, 0.717) is 18.5 Å². The van der Waals surface area contributed by atoms with Crippen LogP contribution >= 0.6 is 0 Å². The number of nitrogens with one attached hydrogen (secondary N) is 2. The predicted molar refractivity (Wildman–Crippen MR) is 62.2 cm³/mol. The van der Waals surface area contributed by atoms with Gasteiger partial charge in [0.05, 0.1) is 0 Å². The zero-order chi connectivity index (χ0) is 12.0. The molecule has 1 aromatic rings. The van der Waals surface area contributed by atoms with Crippen LogP contribution in [0.15, 0.2) is 24.3 Å². The molecular weight excluding hydrogens is 204 g/mol. The average molecular weight is 220 g/mol. The Kier molecular flexibility index (Phi) is 4.51. The molecule has 0 unspecified atom stereocenters. The molecule has 0 aliphatic rings. The summed E-state index contributed by atoms with van der Waals surface area (Å²) in [4.78, 5) is 22.5. The standard InChI is InChI=1S/C12H16N2O2/c1-9-3-5-10(6-4-9)12(16)14-8-7-11(15)13-2/h3-6H,7-8H2,1-2H3,(H,13,15)(H,14,16). The summed E-state index contributed by atoms with van der Waals surface area (Å²) in [6.45, 7) is 2.32. The highest BCUT2D eigenvalue weighted by atomic mass is 16.2. The Hall–Kier alpha value is -1.84. The predicted octanol–water partition coefficient (Wildman–Crippen LogP) is 0.861. The Bertz CT molecular complexity index is 371. The third kappa shape index (κ3) is 3.73. The molecule has 0 aromatic heterocycles. The molecule has 0 aliphatic heterocycles. The highest BCUT2D eigenvalue weighted by Gasteiger charge is 2.04. The number of hydrogen-bond donors (Lipinski definition) is 2. The summed E-state index contributed by atoms with van der Waals surface area (Å²) in [6.07, 6.45) is 0.300. The molecule has 0 fully saturated rings. The molecule has 1 aromatic carbocycles. The maximum atomic E-state index is 11.6. The molecule has 4 heteroatoms. The van der Waals surface area contributed by atoms with Crippen LogP contribution in [0.25, 0.3) is 0 Å². The summed E-state index contributed by atoms with van der Waals surface area (Å²) >= 11 is 0. The first-order chi connectivity index (χ1) is 7.63. The molecule has 86 valence electrons. The second kappa shape index (κ2) is 5.90. The molecule has 0 bridgehead atoms. The Morgan fingerprint density at radius 1 is 1.19 bits per heavy atom. The number of carbonyl (C=O) groups excluding carboxylic acids is 2. The van der Waals surface area contributed by atoms with Crippen molar-refractivity contribution in [1.29, 1.82) is 0 Å². The van der Waals surface area contributed by atoms with Crippen molar-refractivity contribution in [2.45, 2.75) is 13.3 Å². The third-order valence-corrected chi connectivity index (χ3v) is 2.23. The van der Waals surface area contributed by atoms with Crippen LogP contribution in [0.4, 0.5) is 0 Å². The maximum Gasteiger partial charge on any atom is 0.251 e. The van der Waals surface area contributed by atoms with E-state index in [4.69, 9.17) is 0 Å². The van der Waals surface area contributed by atoms with E-state index in [2.05, 4.69) is 10.6 Å². The van der Waals surface area contributed by atoms with E-state index in [1.165, 1.54) is 0 Å². The zero-order valence-electron chi connectivity index (χ0n) is 9.54. The first-order valence-electron chi connectivity index (χ1n) is 5.19. The first kappa shape index (κ1) is 12.2. The van der Waals surface area contributed by atoms with Gasteiger partial charge >= 0.3 is 0 Å². The quantitative estimate of drug-likeness (QED) is 0.790. The van der Waals surface area contributed by atoms with Gasteiger partial charge in [-0.3, -0.25) is 9.59 Å². The van der Waals surface area contributed by atoms with Crippen molar-refractivity contribution in [3.63, 3.8) is 0 Å². The van der Waals surface area contributed by atoms with Gasteiger partial charge in [0.15, 0.2) is 0 Å². The van der Waals surface area contributed by atoms with Crippen LogP contribution in [0.2, 0.25) is 0 Å². The molecule has 0 heterocycles. The van der Waals surface area contributed by atoms with Crippen LogP contribution in [0.3, 0.4) is 0 Å². The fourth-order valence-corrected chi connectivity index (χ4v) is 1.22. The smallest absolute Gasteiger partial charge is 0.251 e. The summed E-state index contributed by atoms with van der Waals surface area (Å²) in [5, 5.41) is 5.18. The average Bonchev–Trinajstić information content (AvgIpc) is 2.29. The summed E-state index contributed by atoms with van der Waals surface area (Å²) < 4.78 is 0. The molecule has 0 atom stereocenters. The first-order valence-corrected chi connectivity index (χ1v) is 5.19. The SMILES string of the molecule is CNC(=O)CCNC(=O)c1ccc(C)cc1. The van der Waals surface area contributed by atoms with Crippen molar-refractivity contribution in [2.24, 2.45) is 0 Å². The van der Waals surface area contributed by atoms with Gasteiger partial charge in [-0.1, -0.05) is 17.7 Å². The fourth-order valence-electron chi connectivity index (χ4n) is 1.22.